The fraction of sp³-hybridized carbons (Fsp3) is 0.714. The number of carboxylic acid groups (broad SMARTS) is 1. The summed E-state index contributed by atoms with van der Waals surface area (Å²) in [5.74, 6) is -3.00. The lowest BCUT2D eigenvalue weighted by Crippen LogP contribution is -2.51. The Morgan fingerprint density at radius 2 is 2.23 bits per heavy atom. The van der Waals surface area contributed by atoms with Gasteiger partial charge in [0, 0.05) is 6.42 Å². The van der Waals surface area contributed by atoms with Gasteiger partial charge in [-0.3, -0.25) is 4.90 Å². The molecule has 1 atom stereocenters. The number of carbonyl (C=O) groups is 2. The fourth-order valence-corrected chi connectivity index (χ4v) is 1.31. The molecule has 1 aliphatic rings. The number of piperidine rings is 1. The van der Waals surface area contributed by atoms with Gasteiger partial charge in [0.2, 0.25) is 0 Å². The van der Waals surface area contributed by atoms with Gasteiger partial charge in [-0.25, -0.2) is 13.6 Å². The number of hydrogen-bond acceptors (Lipinski definition) is 2. The van der Waals surface area contributed by atoms with Crippen molar-refractivity contribution in [3.05, 3.63) is 0 Å². The third kappa shape index (κ3) is 2.13. The second-order valence-electron chi connectivity index (χ2n) is 3.01. The van der Waals surface area contributed by atoms with Crippen LogP contribution >= 0.6 is 0 Å². The number of likely N-dealkylation sites (tertiary alicyclic amines) is 1. The zero-order chi connectivity index (χ0) is 10.1. The van der Waals surface area contributed by atoms with Gasteiger partial charge < -0.3 is 9.90 Å². The summed E-state index contributed by atoms with van der Waals surface area (Å²) in [6, 6.07) is -0.919. The molecule has 0 aromatic rings. The highest BCUT2D eigenvalue weighted by Gasteiger charge is 2.41. The molecule has 74 valence electrons. The Hall–Kier alpha value is -1.20. The van der Waals surface area contributed by atoms with Crippen LogP contribution in [0.3, 0.4) is 0 Å². The third-order valence-corrected chi connectivity index (χ3v) is 2.01. The molecule has 1 saturated heterocycles. The van der Waals surface area contributed by atoms with Gasteiger partial charge in [0.25, 0.3) is 5.92 Å². The van der Waals surface area contributed by atoms with Crippen LogP contribution in [0.15, 0.2) is 0 Å². The van der Waals surface area contributed by atoms with Crippen LogP contribution in [0, 0.1) is 0 Å². The van der Waals surface area contributed by atoms with Crippen molar-refractivity contribution in [2.75, 3.05) is 6.54 Å². The minimum absolute atomic E-state index is 0.108. The molecule has 1 N–H and O–H groups in total. The Bertz CT molecular complexity index is 232. The normalized spacial score (nSPS) is 26.9. The number of hydrogen-bond donors (Lipinski definition) is 1. The van der Waals surface area contributed by atoms with E-state index in [-0.39, 0.29) is 6.42 Å². The van der Waals surface area contributed by atoms with E-state index < -0.39 is 31.0 Å². The number of carbonyl (C=O) groups excluding carboxylic acids is 1. The predicted molar refractivity (Wildman–Crippen MR) is 38.8 cm³/mol. The predicted octanol–water partition coefficient (Wildman–Crippen LogP) is 0.963. The van der Waals surface area contributed by atoms with Gasteiger partial charge >= 0.3 is 6.09 Å². The van der Waals surface area contributed by atoms with Crippen molar-refractivity contribution in [1.82, 2.24) is 4.90 Å². The van der Waals surface area contributed by atoms with E-state index in [0.29, 0.717) is 11.2 Å². The lowest BCUT2D eigenvalue weighted by atomic mass is 10.0. The highest BCUT2D eigenvalue weighted by atomic mass is 19.3. The first-order valence-electron chi connectivity index (χ1n) is 3.79. The molecule has 0 spiro atoms. The molecule has 0 bridgehead atoms. The average Bonchev–Trinajstić information content (AvgIpc) is 2.03. The van der Waals surface area contributed by atoms with Crippen molar-refractivity contribution in [3.8, 4) is 0 Å². The summed E-state index contributed by atoms with van der Waals surface area (Å²) in [5.41, 5.74) is 0. The molecule has 1 heterocycles. The maximum absolute atomic E-state index is 12.7. The second kappa shape index (κ2) is 3.27. The Labute approximate surface area is 73.1 Å². The lowest BCUT2D eigenvalue weighted by Gasteiger charge is -2.34. The standard InChI is InChI=1S/C7H9F2NO3/c8-7(9)2-1-5(3-11)10(4-7)6(12)13/h3,5H,1-2,4H2,(H,12,13). The van der Waals surface area contributed by atoms with Gasteiger partial charge in [0.05, 0.1) is 12.6 Å². The van der Waals surface area contributed by atoms with Gasteiger partial charge in [0.15, 0.2) is 0 Å². The highest BCUT2D eigenvalue weighted by molar-refractivity contribution is 5.72. The molecular formula is C7H9F2NO3. The minimum Gasteiger partial charge on any atom is -0.465 e. The van der Waals surface area contributed by atoms with E-state index in [4.69, 9.17) is 5.11 Å². The Morgan fingerprint density at radius 1 is 1.62 bits per heavy atom. The molecule has 1 rings (SSSR count). The zero-order valence-corrected chi connectivity index (χ0v) is 6.74. The number of nitrogens with zero attached hydrogens (tertiary/aromatic N) is 1. The van der Waals surface area contributed by atoms with Crippen LogP contribution in [0.4, 0.5) is 13.6 Å². The fourth-order valence-electron chi connectivity index (χ4n) is 1.31. The van der Waals surface area contributed by atoms with Crippen LogP contribution in [0.25, 0.3) is 0 Å². The molecule has 1 amide bonds. The van der Waals surface area contributed by atoms with Gasteiger partial charge in [-0.1, -0.05) is 0 Å². The van der Waals surface area contributed by atoms with Crippen molar-refractivity contribution in [2.24, 2.45) is 0 Å². The molecule has 0 aliphatic carbocycles. The van der Waals surface area contributed by atoms with Crippen molar-refractivity contribution in [2.45, 2.75) is 24.8 Å². The van der Waals surface area contributed by atoms with Crippen molar-refractivity contribution < 1.29 is 23.5 Å². The summed E-state index contributed by atoms with van der Waals surface area (Å²) in [6.45, 7) is -0.883. The number of aldehydes is 1. The molecule has 1 fully saturated rings. The Kier molecular flexibility index (Phi) is 2.49. The molecule has 1 aliphatic heterocycles. The minimum atomic E-state index is -3.00. The van der Waals surface area contributed by atoms with E-state index in [2.05, 4.69) is 0 Å². The summed E-state index contributed by atoms with van der Waals surface area (Å²) in [7, 11) is 0. The Morgan fingerprint density at radius 3 is 2.69 bits per heavy atom. The first-order valence-corrected chi connectivity index (χ1v) is 3.79. The van der Waals surface area contributed by atoms with E-state index in [0.717, 1.165) is 0 Å². The average molecular weight is 193 g/mol. The summed E-state index contributed by atoms with van der Waals surface area (Å²) in [6.07, 6.45) is -1.62. The van der Waals surface area contributed by atoms with Gasteiger partial charge in [-0.15, -0.1) is 0 Å². The smallest absolute Gasteiger partial charge is 0.408 e. The van der Waals surface area contributed by atoms with Gasteiger partial charge in [-0.05, 0) is 6.42 Å². The van der Waals surface area contributed by atoms with E-state index in [9.17, 15) is 18.4 Å². The lowest BCUT2D eigenvalue weighted by molar-refractivity contribution is -0.119. The topological polar surface area (TPSA) is 57.6 Å². The van der Waals surface area contributed by atoms with Gasteiger partial charge in [-0.2, -0.15) is 0 Å². The molecule has 0 aromatic carbocycles. The highest BCUT2D eigenvalue weighted by Crippen LogP contribution is 2.29. The second-order valence-corrected chi connectivity index (χ2v) is 3.01. The first-order chi connectivity index (χ1) is 5.96. The van der Waals surface area contributed by atoms with E-state index in [1.54, 1.807) is 0 Å². The van der Waals surface area contributed by atoms with Crippen molar-refractivity contribution >= 4 is 12.4 Å². The molecule has 0 radical (unpaired) electrons. The van der Waals surface area contributed by atoms with Crippen molar-refractivity contribution in [1.29, 1.82) is 0 Å². The molecule has 6 heteroatoms. The maximum atomic E-state index is 12.7. The summed E-state index contributed by atoms with van der Waals surface area (Å²) < 4.78 is 25.4. The number of amides is 1. The molecular weight excluding hydrogens is 184 g/mol. The molecule has 1 unspecified atom stereocenters. The molecule has 4 nitrogen and oxygen atoms in total. The number of halogens is 2. The summed E-state index contributed by atoms with van der Waals surface area (Å²) >= 11 is 0. The first kappa shape index (κ1) is 9.88. The van der Waals surface area contributed by atoms with Crippen molar-refractivity contribution in [3.63, 3.8) is 0 Å². The van der Waals surface area contributed by atoms with Crippen LogP contribution in [-0.2, 0) is 4.79 Å². The largest absolute Gasteiger partial charge is 0.465 e. The van der Waals surface area contributed by atoms with Crippen LogP contribution in [0.2, 0.25) is 0 Å². The van der Waals surface area contributed by atoms with E-state index >= 15 is 0 Å². The quantitative estimate of drug-likeness (QED) is 0.631. The summed E-state index contributed by atoms with van der Waals surface area (Å²) in [5, 5.41) is 8.51. The molecule has 0 aromatic heterocycles. The van der Waals surface area contributed by atoms with Crippen LogP contribution in [0.1, 0.15) is 12.8 Å². The molecule has 0 saturated carbocycles. The zero-order valence-electron chi connectivity index (χ0n) is 6.74. The van der Waals surface area contributed by atoms with Crippen LogP contribution < -0.4 is 0 Å². The molecule has 13 heavy (non-hydrogen) atoms. The van der Waals surface area contributed by atoms with Crippen LogP contribution in [-0.4, -0.2) is 40.9 Å². The third-order valence-electron chi connectivity index (χ3n) is 2.01. The number of alkyl halides is 2. The Balaban J connectivity index is 2.74. The maximum Gasteiger partial charge on any atom is 0.408 e. The number of rotatable bonds is 1. The van der Waals surface area contributed by atoms with E-state index in [1.807, 2.05) is 0 Å². The SMILES string of the molecule is O=CC1CCC(F)(F)CN1C(=O)O. The monoisotopic (exact) mass is 193 g/mol. The van der Waals surface area contributed by atoms with Crippen LogP contribution in [0.5, 0.6) is 0 Å². The van der Waals surface area contributed by atoms with Gasteiger partial charge in [0.1, 0.15) is 6.29 Å². The summed E-state index contributed by atoms with van der Waals surface area (Å²) in [4.78, 5) is 21.3. The van der Waals surface area contributed by atoms with E-state index in [1.165, 1.54) is 0 Å².